The number of halogens is 2. The molecule has 5 rings (SSSR count). The van der Waals surface area contributed by atoms with Crippen molar-refractivity contribution in [1.29, 1.82) is 0 Å². The number of ether oxygens (including phenoxy) is 1. The number of β-lactam (4-membered cyclic amide) rings is 1. The fourth-order valence-electron chi connectivity index (χ4n) is 4.99. The second-order valence-electron chi connectivity index (χ2n) is 9.51. The maximum Gasteiger partial charge on any atom is 0.228 e. The summed E-state index contributed by atoms with van der Waals surface area (Å²) in [5.41, 5.74) is 6.51. The molecule has 3 fully saturated rings. The minimum atomic E-state index is -4.21. The van der Waals surface area contributed by atoms with Gasteiger partial charge in [-0.25, -0.2) is 8.42 Å². The number of rotatable bonds is 5. The van der Waals surface area contributed by atoms with E-state index in [0.717, 1.165) is 4.90 Å². The lowest BCUT2D eigenvalue weighted by atomic mass is 9.92. The van der Waals surface area contributed by atoms with Crippen molar-refractivity contribution in [3.8, 4) is 5.75 Å². The molecule has 13 heteroatoms. The van der Waals surface area contributed by atoms with Gasteiger partial charge in [-0.1, -0.05) is 23.2 Å². The monoisotopic (exact) mass is 595 g/mol. The van der Waals surface area contributed by atoms with Gasteiger partial charge in [0.25, 0.3) is 0 Å². The number of methoxy groups -OCH3 is 1. The number of Topliss-reactive ketones (excluding diaryl/α,β-unsaturated/α-hetero) is 2. The number of nitrogens with zero attached hydrogens (tertiary/aromatic N) is 1. The largest absolute Gasteiger partial charge is 0.496 e. The first-order valence-electron chi connectivity index (χ1n) is 12.2. The number of carbonyl (C=O) groups excluding carboxylic acids is 4. The van der Waals surface area contributed by atoms with Crippen molar-refractivity contribution in [1.82, 2.24) is 10.2 Å². The van der Waals surface area contributed by atoms with E-state index in [1.54, 1.807) is 18.2 Å². The van der Waals surface area contributed by atoms with Gasteiger partial charge < -0.3 is 20.7 Å². The molecule has 2 aromatic carbocycles. The topological polar surface area (TPSA) is 153 Å². The Balaban J connectivity index is 0.000000333. The number of anilines is 1. The molecule has 3 N–H and O–H groups in total. The van der Waals surface area contributed by atoms with Crippen LogP contribution in [-0.2, 0) is 35.4 Å². The number of nitrogen functional groups attached to an aromatic ring is 1. The van der Waals surface area contributed by atoms with Crippen molar-refractivity contribution in [3.05, 3.63) is 52.0 Å². The van der Waals surface area contributed by atoms with Gasteiger partial charge in [-0.2, -0.15) is 0 Å². The molecule has 2 aromatic rings. The van der Waals surface area contributed by atoms with Crippen LogP contribution in [0.15, 0.2) is 41.3 Å². The van der Waals surface area contributed by atoms with Gasteiger partial charge in [0.05, 0.1) is 29.1 Å². The summed E-state index contributed by atoms with van der Waals surface area (Å²) in [6.07, 6.45) is 1.11. The van der Waals surface area contributed by atoms with E-state index in [2.05, 4.69) is 5.32 Å². The average molecular weight is 596 g/mol. The summed E-state index contributed by atoms with van der Waals surface area (Å²) in [6.45, 7) is 0.535. The summed E-state index contributed by atoms with van der Waals surface area (Å²) in [6, 6.07) is 8.89. The minimum Gasteiger partial charge on any atom is -0.496 e. The van der Waals surface area contributed by atoms with Crippen LogP contribution in [0.4, 0.5) is 5.69 Å². The summed E-state index contributed by atoms with van der Waals surface area (Å²) >= 11 is 12.0. The predicted molar refractivity (Wildman–Crippen MR) is 144 cm³/mol. The minimum absolute atomic E-state index is 0.000787. The SMILES string of the molecule is COc1ccc(Cl)cc1CC1CN2C(=O)CC2(S(=O)(=O)c2ccc(Cl)c(N)c2)C1=O.O=C1CCNC(=O)CC1. The lowest BCUT2D eigenvalue weighted by molar-refractivity contribution is -0.150. The molecule has 3 saturated heterocycles. The van der Waals surface area contributed by atoms with E-state index in [-0.39, 0.29) is 52.6 Å². The van der Waals surface area contributed by atoms with Crippen molar-refractivity contribution in [2.24, 2.45) is 5.92 Å². The standard InChI is InChI=1S/C20H18Cl2N2O5S.C6H9NO2/c1-29-17-5-2-13(21)7-11(17)6-12-10-24-18(25)9-20(24,19(12)26)30(27,28)14-3-4-15(22)16(23)8-14;8-5-1-2-6(9)7-4-3-5/h2-5,7-8,12H,6,9-10,23H2,1H3;1-4H2,(H,7,9). The number of ketones is 2. The number of fused-ring (bicyclic) bond motifs is 1. The van der Waals surface area contributed by atoms with E-state index in [1.807, 2.05) is 0 Å². The fraction of sp³-hybridized carbons (Fsp3) is 0.385. The highest BCUT2D eigenvalue weighted by atomic mass is 35.5. The molecule has 0 aliphatic carbocycles. The maximum absolute atomic E-state index is 13.5. The van der Waals surface area contributed by atoms with Crippen molar-refractivity contribution in [2.45, 2.75) is 41.9 Å². The molecule has 0 bridgehead atoms. The van der Waals surface area contributed by atoms with Crippen LogP contribution in [0.5, 0.6) is 5.75 Å². The molecule has 0 radical (unpaired) electrons. The first kappa shape index (κ1) is 28.8. The van der Waals surface area contributed by atoms with Crippen LogP contribution in [0.1, 0.15) is 31.2 Å². The average Bonchev–Trinajstić information content (AvgIpc) is 2.98. The number of amides is 2. The Bertz CT molecular complexity index is 1450. The maximum atomic E-state index is 13.5. The van der Waals surface area contributed by atoms with Gasteiger partial charge in [-0.3, -0.25) is 19.2 Å². The van der Waals surface area contributed by atoms with Gasteiger partial charge in [0, 0.05) is 43.3 Å². The van der Waals surface area contributed by atoms with E-state index in [4.69, 9.17) is 33.7 Å². The van der Waals surface area contributed by atoms with Crippen LogP contribution in [0.3, 0.4) is 0 Å². The summed E-state index contributed by atoms with van der Waals surface area (Å²) in [5, 5.41) is 3.29. The molecule has 2 amide bonds. The number of nitrogens with two attached hydrogens (primary N) is 1. The van der Waals surface area contributed by atoms with Crippen LogP contribution < -0.4 is 15.8 Å². The number of sulfone groups is 1. The number of nitrogens with one attached hydrogen (secondary N) is 1. The van der Waals surface area contributed by atoms with Crippen LogP contribution in [-0.4, -0.2) is 61.8 Å². The summed E-state index contributed by atoms with van der Waals surface area (Å²) in [4.78, 5) is 45.9. The van der Waals surface area contributed by atoms with E-state index in [1.165, 1.54) is 25.3 Å². The molecule has 10 nitrogen and oxygen atoms in total. The van der Waals surface area contributed by atoms with E-state index in [9.17, 15) is 27.6 Å². The van der Waals surface area contributed by atoms with Gasteiger partial charge in [-0.15, -0.1) is 0 Å². The normalized spacial score (nSPS) is 22.7. The lowest BCUT2D eigenvalue weighted by Crippen LogP contribution is -2.67. The first-order chi connectivity index (χ1) is 18.4. The molecule has 2 atom stereocenters. The summed E-state index contributed by atoms with van der Waals surface area (Å²) < 4.78 is 32.2. The van der Waals surface area contributed by atoms with Gasteiger partial charge in [0.2, 0.25) is 26.5 Å². The third kappa shape index (κ3) is 5.35. The van der Waals surface area contributed by atoms with Crippen LogP contribution >= 0.6 is 23.2 Å². The second-order valence-corrected chi connectivity index (χ2v) is 12.5. The molecule has 2 unspecified atom stereocenters. The van der Waals surface area contributed by atoms with E-state index in [0.29, 0.717) is 42.1 Å². The number of carbonyl (C=O) groups is 4. The number of hydrogen-bond acceptors (Lipinski definition) is 8. The Hall–Kier alpha value is -3.15. The molecule has 0 saturated carbocycles. The van der Waals surface area contributed by atoms with Crippen molar-refractivity contribution in [2.75, 3.05) is 25.9 Å². The molecule has 0 aromatic heterocycles. The van der Waals surface area contributed by atoms with Crippen LogP contribution in [0, 0.1) is 5.92 Å². The van der Waals surface area contributed by atoms with Crippen LogP contribution in [0.2, 0.25) is 10.0 Å². The number of benzene rings is 2. The highest BCUT2D eigenvalue weighted by Crippen LogP contribution is 2.49. The third-order valence-corrected chi connectivity index (χ3v) is 9.98. The molecule has 208 valence electrons. The zero-order valence-electron chi connectivity index (χ0n) is 21.0. The smallest absolute Gasteiger partial charge is 0.228 e. The second kappa shape index (κ2) is 11.1. The zero-order valence-corrected chi connectivity index (χ0v) is 23.4. The van der Waals surface area contributed by atoms with E-state index < -0.39 is 26.4 Å². The van der Waals surface area contributed by atoms with Gasteiger partial charge >= 0.3 is 0 Å². The Morgan fingerprint density at radius 1 is 1.08 bits per heavy atom. The quantitative estimate of drug-likeness (QED) is 0.395. The van der Waals surface area contributed by atoms with E-state index >= 15 is 0 Å². The van der Waals surface area contributed by atoms with Crippen molar-refractivity contribution in [3.63, 3.8) is 0 Å². The molecular weight excluding hydrogens is 569 g/mol. The lowest BCUT2D eigenvalue weighted by Gasteiger charge is -2.44. The molecule has 0 spiro atoms. The Labute approximate surface area is 235 Å². The summed E-state index contributed by atoms with van der Waals surface area (Å²) in [5.74, 6) is -0.875. The van der Waals surface area contributed by atoms with Crippen molar-refractivity contribution < 1.29 is 32.3 Å². The van der Waals surface area contributed by atoms with Gasteiger partial charge in [-0.05, 0) is 48.4 Å². The first-order valence-corrected chi connectivity index (χ1v) is 14.4. The van der Waals surface area contributed by atoms with Crippen molar-refractivity contribution >= 4 is 62.1 Å². The van der Waals surface area contributed by atoms with Gasteiger partial charge in [0.1, 0.15) is 11.5 Å². The Morgan fingerprint density at radius 3 is 2.49 bits per heavy atom. The Kier molecular flexibility index (Phi) is 8.25. The van der Waals surface area contributed by atoms with Crippen LogP contribution in [0.25, 0.3) is 0 Å². The van der Waals surface area contributed by atoms with Gasteiger partial charge in [0.15, 0.2) is 5.78 Å². The molecule has 3 aliphatic rings. The summed E-state index contributed by atoms with van der Waals surface area (Å²) in [7, 11) is -2.71. The molecule has 3 aliphatic heterocycles. The zero-order chi connectivity index (χ0) is 28.5. The third-order valence-electron chi connectivity index (χ3n) is 7.07. The molecule has 39 heavy (non-hydrogen) atoms. The highest BCUT2D eigenvalue weighted by Gasteiger charge is 2.70. The molecule has 3 heterocycles. The highest BCUT2D eigenvalue weighted by molar-refractivity contribution is 7.93. The Morgan fingerprint density at radius 2 is 1.82 bits per heavy atom. The number of hydrogen-bond donors (Lipinski definition) is 2. The fourth-order valence-corrected chi connectivity index (χ4v) is 7.43. The molecular formula is C26H27Cl2N3O7S. The predicted octanol–water partition coefficient (Wildman–Crippen LogP) is 2.58.